The number of anilines is 1. The Morgan fingerprint density at radius 3 is 2.35 bits per heavy atom. The van der Waals surface area contributed by atoms with Crippen molar-refractivity contribution in [1.82, 2.24) is 0 Å². The minimum atomic E-state index is -0.897. The molecule has 0 aliphatic carbocycles. The number of methoxy groups -OCH3 is 1. The minimum absolute atomic E-state index is 0.0870. The molecule has 1 fully saturated rings. The Labute approximate surface area is 226 Å². The summed E-state index contributed by atoms with van der Waals surface area (Å²) >= 11 is 12.5. The van der Waals surface area contributed by atoms with Gasteiger partial charge < -0.3 is 14.6 Å². The molecule has 0 aromatic heterocycles. The molecule has 1 atom stereocenters. The highest BCUT2D eigenvalue weighted by molar-refractivity contribution is 6.52. The number of ether oxygens (including phenoxy) is 2. The summed E-state index contributed by atoms with van der Waals surface area (Å²) in [5.74, 6) is -0.866. The summed E-state index contributed by atoms with van der Waals surface area (Å²) in [5.41, 5.74) is 2.06. The van der Waals surface area contributed by atoms with Gasteiger partial charge in [0.05, 0.1) is 35.9 Å². The Morgan fingerprint density at radius 1 is 1.05 bits per heavy atom. The van der Waals surface area contributed by atoms with Gasteiger partial charge in [0.2, 0.25) is 0 Å². The van der Waals surface area contributed by atoms with Crippen molar-refractivity contribution < 1.29 is 24.2 Å². The van der Waals surface area contributed by atoms with Crippen LogP contribution in [-0.2, 0) is 9.59 Å². The van der Waals surface area contributed by atoms with Gasteiger partial charge in [-0.05, 0) is 60.4 Å². The molecule has 6 nitrogen and oxygen atoms in total. The molecule has 0 radical (unpaired) electrons. The van der Waals surface area contributed by atoms with Crippen molar-refractivity contribution in [3.05, 3.63) is 93.0 Å². The molecular weight excluding hydrogens is 513 g/mol. The van der Waals surface area contributed by atoms with Crippen LogP contribution in [0.15, 0.2) is 66.2 Å². The Kier molecular flexibility index (Phi) is 7.81. The van der Waals surface area contributed by atoms with Crippen LogP contribution in [0.4, 0.5) is 5.69 Å². The molecule has 0 saturated carbocycles. The molecule has 1 unspecified atom stereocenters. The van der Waals surface area contributed by atoms with Crippen molar-refractivity contribution in [2.45, 2.75) is 26.8 Å². The number of aryl methyl sites for hydroxylation is 1. The maximum absolute atomic E-state index is 13.5. The van der Waals surface area contributed by atoms with E-state index in [0.717, 1.165) is 5.56 Å². The summed E-state index contributed by atoms with van der Waals surface area (Å²) in [6.07, 6.45) is 0. The number of aliphatic hydroxyl groups is 1. The molecule has 3 aromatic rings. The number of amides is 1. The summed E-state index contributed by atoms with van der Waals surface area (Å²) < 4.78 is 11.2. The molecule has 8 heteroatoms. The number of carbonyl (C=O) groups is 2. The van der Waals surface area contributed by atoms with Crippen LogP contribution >= 0.6 is 23.2 Å². The average Bonchev–Trinajstić information content (AvgIpc) is 3.12. The number of carbonyl (C=O) groups excluding carboxylic acids is 2. The second-order valence-electron chi connectivity index (χ2n) is 9.19. The van der Waals surface area contributed by atoms with E-state index in [1.54, 1.807) is 24.3 Å². The van der Waals surface area contributed by atoms with Gasteiger partial charge in [0.25, 0.3) is 11.7 Å². The molecule has 37 heavy (non-hydrogen) atoms. The highest BCUT2D eigenvalue weighted by atomic mass is 35.5. The van der Waals surface area contributed by atoms with E-state index in [-0.39, 0.29) is 26.9 Å². The standard InChI is InChI=1S/C29H27Cl2NO5/c1-16(2)15-37-20-11-9-19(10-12-20)32-25(21-8-6-5-7-17(21)3)24(27(34)29(32)35)26(33)22-13-18(30)14-23(31)28(22)36-4/h5-14,16,25,33H,15H2,1-4H3/b26-24+. The van der Waals surface area contributed by atoms with Crippen molar-refractivity contribution >= 4 is 46.3 Å². The van der Waals surface area contributed by atoms with Gasteiger partial charge in [0.1, 0.15) is 17.3 Å². The zero-order chi connectivity index (χ0) is 26.9. The first-order chi connectivity index (χ1) is 17.6. The first-order valence-electron chi connectivity index (χ1n) is 11.8. The summed E-state index contributed by atoms with van der Waals surface area (Å²) in [6.45, 7) is 6.54. The van der Waals surface area contributed by atoms with E-state index in [2.05, 4.69) is 13.8 Å². The Morgan fingerprint density at radius 2 is 1.73 bits per heavy atom. The number of Topliss-reactive ketones (excluding diaryl/α,β-unsaturated/α-hetero) is 1. The van der Waals surface area contributed by atoms with E-state index < -0.39 is 23.5 Å². The number of aliphatic hydroxyl groups excluding tert-OH is 1. The van der Waals surface area contributed by atoms with Crippen LogP contribution in [0.2, 0.25) is 10.0 Å². The molecular formula is C29H27Cl2NO5. The number of benzene rings is 3. The van der Waals surface area contributed by atoms with Crippen molar-refractivity contribution in [2.75, 3.05) is 18.6 Å². The van der Waals surface area contributed by atoms with Crippen LogP contribution in [0, 0.1) is 12.8 Å². The third kappa shape index (κ3) is 5.17. The number of hydrogen-bond acceptors (Lipinski definition) is 5. The van der Waals surface area contributed by atoms with Crippen molar-refractivity contribution in [3.8, 4) is 11.5 Å². The third-order valence-corrected chi connectivity index (χ3v) is 6.59. The van der Waals surface area contributed by atoms with Crippen molar-refractivity contribution in [3.63, 3.8) is 0 Å². The van der Waals surface area contributed by atoms with Crippen molar-refractivity contribution in [2.24, 2.45) is 5.92 Å². The van der Waals surface area contributed by atoms with Crippen LogP contribution in [0.25, 0.3) is 5.76 Å². The lowest BCUT2D eigenvalue weighted by atomic mass is 9.92. The smallest absolute Gasteiger partial charge is 0.300 e. The van der Waals surface area contributed by atoms with E-state index in [1.807, 2.05) is 31.2 Å². The topological polar surface area (TPSA) is 76.1 Å². The van der Waals surface area contributed by atoms with E-state index in [9.17, 15) is 14.7 Å². The SMILES string of the molecule is COc1c(Cl)cc(Cl)cc1/C(O)=C1\C(=O)C(=O)N(c2ccc(OCC(C)C)cc2)C1c1ccccc1C. The van der Waals surface area contributed by atoms with Crippen LogP contribution in [0.5, 0.6) is 11.5 Å². The Balaban J connectivity index is 1.91. The molecule has 0 bridgehead atoms. The van der Waals surface area contributed by atoms with E-state index >= 15 is 0 Å². The largest absolute Gasteiger partial charge is 0.507 e. The molecule has 1 aliphatic heterocycles. The number of ketones is 1. The van der Waals surface area contributed by atoms with Crippen LogP contribution in [-0.4, -0.2) is 30.5 Å². The molecule has 1 amide bonds. The second-order valence-corrected chi connectivity index (χ2v) is 10.0. The second kappa shape index (κ2) is 10.9. The van der Waals surface area contributed by atoms with E-state index in [0.29, 0.717) is 29.5 Å². The van der Waals surface area contributed by atoms with E-state index in [1.165, 1.54) is 24.1 Å². The Hall–Kier alpha value is -3.48. The Bertz CT molecular complexity index is 1380. The number of nitrogens with zero attached hydrogens (tertiary/aromatic N) is 1. The molecule has 1 heterocycles. The zero-order valence-corrected chi connectivity index (χ0v) is 22.4. The summed E-state index contributed by atoms with van der Waals surface area (Å²) in [6, 6.07) is 16.4. The third-order valence-electron chi connectivity index (χ3n) is 6.09. The lowest BCUT2D eigenvalue weighted by Crippen LogP contribution is -2.29. The molecule has 1 saturated heterocycles. The monoisotopic (exact) mass is 539 g/mol. The molecule has 1 aliphatic rings. The van der Waals surface area contributed by atoms with E-state index in [4.69, 9.17) is 32.7 Å². The summed E-state index contributed by atoms with van der Waals surface area (Å²) in [4.78, 5) is 28.3. The first-order valence-corrected chi connectivity index (χ1v) is 12.5. The number of rotatable bonds is 7. The van der Waals surface area contributed by atoms with Crippen LogP contribution < -0.4 is 14.4 Å². The van der Waals surface area contributed by atoms with Gasteiger partial charge in [0, 0.05) is 10.7 Å². The summed E-state index contributed by atoms with van der Waals surface area (Å²) in [5, 5.41) is 11.9. The van der Waals surface area contributed by atoms with Gasteiger partial charge in [-0.15, -0.1) is 0 Å². The molecule has 0 spiro atoms. The lowest BCUT2D eigenvalue weighted by molar-refractivity contribution is -0.132. The summed E-state index contributed by atoms with van der Waals surface area (Å²) in [7, 11) is 1.40. The highest BCUT2D eigenvalue weighted by Crippen LogP contribution is 2.45. The van der Waals surface area contributed by atoms with Gasteiger partial charge in [-0.3, -0.25) is 14.5 Å². The maximum atomic E-state index is 13.5. The molecule has 3 aromatic carbocycles. The minimum Gasteiger partial charge on any atom is -0.507 e. The highest BCUT2D eigenvalue weighted by Gasteiger charge is 2.47. The van der Waals surface area contributed by atoms with Gasteiger partial charge in [-0.2, -0.15) is 0 Å². The van der Waals surface area contributed by atoms with Gasteiger partial charge in [-0.25, -0.2) is 0 Å². The van der Waals surface area contributed by atoms with Gasteiger partial charge in [0.15, 0.2) is 0 Å². The maximum Gasteiger partial charge on any atom is 0.300 e. The molecule has 192 valence electrons. The van der Waals surface area contributed by atoms with Crippen LogP contribution in [0.3, 0.4) is 0 Å². The number of halogens is 2. The number of hydrogen-bond donors (Lipinski definition) is 1. The van der Waals surface area contributed by atoms with Gasteiger partial charge in [-0.1, -0.05) is 61.3 Å². The van der Waals surface area contributed by atoms with Crippen LogP contribution in [0.1, 0.15) is 36.6 Å². The van der Waals surface area contributed by atoms with Crippen molar-refractivity contribution in [1.29, 1.82) is 0 Å². The molecule has 4 rings (SSSR count). The first kappa shape index (κ1) is 26.6. The fourth-order valence-corrected chi connectivity index (χ4v) is 4.91. The normalized spacial score (nSPS) is 16.9. The predicted octanol–water partition coefficient (Wildman–Crippen LogP) is 6.97. The average molecular weight is 540 g/mol. The molecule has 1 N–H and O–H groups in total. The lowest BCUT2D eigenvalue weighted by Gasteiger charge is -2.27. The fourth-order valence-electron chi connectivity index (χ4n) is 4.34. The predicted molar refractivity (Wildman–Crippen MR) is 146 cm³/mol. The quantitative estimate of drug-likeness (QED) is 0.199. The fraction of sp³-hybridized carbons (Fsp3) is 0.241. The van der Waals surface area contributed by atoms with Gasteiger partial charge >= 0.3 is 0 Å². The zero-order valence-electron chi connectivity index (χ0n) is 20.9.